The molecule has 11 aromatic carbocycles. The third-order valence-electron chi connectivity index (χ3n) is 20.4. The SMILES string of the molecule is [2H]c1c([2H])c([2H])c(-c2ccccc2N(c2c([2H])c([2H])c([2H])c([2H])c2[2H])c2ccc3c4cc5c(cc4n4c6ccc(C78CCC(CC7)C8)cc6c2c34)c2ccc(N(c3ccccc3-c3c([2H])c([2H])c([2H])c([2H])c3[2H])c3c([2H])c([2H])c([2H])c([2H])c3[2H])c3c4cc(C67CCC(CC6)C7)ccc4n5c23)c([2H])c1[2H]. The molecule has 19 rings (SSSR count). The van der Waals surface area contributed by atoms with Gasteiger partial charge in [-0.05, 0) is 194 Å². The van der Waals surface area contributed by atoms with Crippen molar-refractivity contribution >= 4 is 110 Å². The first kappa shape index (κ1) is 31.9. The largest absolute Gasteiger partial charge is 0.309 e. The molecule has 4 aliphatic carbocycles. The van der Waals surface area contributed by atoms with Gasteiger partial charge in [-0.1, -0.05) is 157 Å². The molecule has 0 aliphatic heterocycles. The molecule has 15 aromatic rings. The van der Waals surface area contributed by atoms with E-state index in [2.05, 4.69) is 57.3 Å². The highest BCUT2D eigenvalue weighted by Crippen LogP contribution is 2.59. The summed E-state index contributed by atoms with van der Waals surface area (Å²) in [6.45, 7) is 0. The van der Waals surface area contributed by atoms with Crippen molar-refractivity contribution in [1.29, 1.82) is 0 Å². The van der Waals surface area contributed by atoms with Crippen molar-refractivity contribution in [3.63, 3.8) is 0 Å². The summed E-state index contributed by atoms with van der Waals surface area (Å²) < 4.78 is 188. The van der Waals surface area contributed by atoms with Gasteiger partial charge in [-0.25, -0.2) is 0 Å². The van der Waals surface area contributed by atoms with Crippen molar-refractivity contribution in [2.24, 2.45) is 11.8 Å². The Bertz CT molecular complexity index is 5880. The maximum absolute atomic E-state index is 9.76. The van der Waals surface area contributed by atoms with E-state index in [4.69, 9.17) is 11.0 Å². The van der Waals surface area contributed by atoms with Crippen LogP contribution in [0.3, 0.4) is 0 Å². The molecule has 0 N–H and O–H groups in total. The van der Waals surface area contributed by atoms with Crippen LogP contribution in [0, 0.1) is 11.8 Å². The van der Waals surface area contributed by atoms with Gasteiger partial charge in [-0.3, -0.25) is 0 Å². The van der Waals surface area contributed by atoms with Gasteiger partial charge in [0.25, 0.3) is 0 Å². The molecule has 4 heteroatoms. The molecule has 4 aromatic heterocycles. The van der Waals surface area contributed by atoms with E-state index in [0.29, 0.717) is 34.0 Å². The number of aromatic nitrogens is 2. The second-order valence-corrected chi connectivity index (χ2v) is 24.2. The highest BCUT2D eigenvalue weighted by atomic mass is 15.2. The van der Waals surface area contributed by atoms with Gasteiger partial charge in [0, 0.05) is 65.6 Å². The number of anilines is 6. The molecular formula is C80H62N4. The summed E-state index contributed by atoms with van der Waals surface area (Å²) in [5.74, 6) is 1.20. The Morgan fingerprint density at radius 2 is 0.750 bits per heavy atom. The Morgan fingerprint density at radius 1 is 0.357 bits per heavy atom. The van der Waals surface area contributed by atoms with Crippen molar-refractivity contribution in [3.05, 3.63) is 253 Å². The van der Waals surface area contributed by atoms with E-state index in [1.807, 2.05) is 24.3 Å². The second-order valence-electron chi connectivity index (χ2n) is 24.2. The topological polar surface area (TPSA) is 15.3 Å². The minimum absolute atomic E-state index is 0.0843. The first-order valence-corrected chi connectivity index (χ1v) is 29.4. The smallest absolute Gasteiger partial charge is 0.0645 e. The van der Waals surface area contributed by atoms with Gasteiger partial charge in [0.15, 0.2) is 0 Å². The third-order valence-corrected chi connectivity index (χ3v) is 20.4. The monoisotopic (exact) mass is 1100 g/mol. The quantitative estimate of drug-likeness (QED) is 0.136. The normalized spacial score (nSPS) is 23.6. The number of rotatable bonds is 10. The van der Waals surface area contributed by atoms with Crippen LogP contribution in [-0.2, 0) is 10.8 Å². The van der Waals surface area contributed by atoms with Crippen LogP contribution in [0.25, 0.3) is 98.4 Å². The highest BCUT2D eigenvalue weighted by Gasteiger charge is 2.47. The molecule has 0 spiro atoms. The number of nitrogens with zero attached hydrogens (tertiary/aromatic N) is 4. The summed E-state index contributed by atoms with van der Waals surface area (Å²) >= 11 is 0. The van der Waals surface area contributed by atoms with Gasteiger partial charge < -0.3 is 18.6 Å². The molecule has 0 amide bonds. The minimum atomic E-state index is -0.605. The number of fused-ring (bicyclic) bond motifs is 16. The summed E-state index contributed by atoms with van der Waals surface area (Å²) in [5.41, 5.74) is 7.85. The fourth-order valence-electron chi connectivity index (χ4n) is 16.8. The van der Waals surface area contributed by atoms with Crippen molar-refractivity contribution < 1.29 is 27.4 Å². The Morgan fingerprint density at radius 3 is 1.14 bits per heavy atom. The van der Waals surface area contributed by atoms with Gasteiger partial charge in [-0.2, -0.15) is 0 Å². The Hall–Kier alpha value is -9.38. The van der Waals surface area contributed by atoms with Crippen LogP contribution in [0.1, 0.15) is 103 Å². The average molecular weight is 1100 g/mol. The zero-order valence-electron chi connectivity index (χ0n) is 65.6. The summed E-state index contributed by atoms with van der Waals surface area (Å²) in [6, 6.07) is 27.9. The lowest BCUT2D eigenvalue weighted by atomic mass is 9.77. The average Bonchev–Trinajstić information content (AvgIpc) is 1.51. The van der Waals surface area contributed by atoms with Gasteiger partial charge >= 0.3 is 0 Å². The molecule has 4 nitrogen and oxygen atoms in total. The van der Waals surface area contributed by atoms with E-state index in [1.54, 1.807) is 58.3 Å². The fraction of sp³-hybridized carbons (Fsp3) is 0.175. The fourth-order valence-corrected chi connectivity index (χ4v) is 16.8. The van der Waals surface area contributed by atoms with Crippen LogP contribution in [0.4, 0.5) is 34.1 Å². The van der Waals surface area contributed by atoms with Gasteiger partial charge in [0.05, 0.1) is 83.3 Å². The first-order valence-electron chi connectivity index (χ1n) is 39.4. The number of hydrogen-bond donors (Lipinski definition) is 0. The molecule has 0 saturated heterocycles. The van der Waals surface area contributed by atoms with Crippen LogP contribution in [0.15, 0.2) is 242 Å². The van der Waals surface area contributed by atoms with Crippen LogP contribution >= 0.6 is 0 Å². The molecule has 0 radical (unpaired) electrons. The van der Waals surface area contributed by atoms with Crippen LogP contribution in [0.2, 0.25) is 0 Å². The Labute approximate surface area is 517 Å². The van der Waals surface area contributed by atoms with Crippen molar-refractivity contribution in [1.82, 2.24) is 8.80 Å². The van der Waals surface area contributed by atoms with Crippen LogP contribution in [-0.4, -0.2) is 8.80 Å². The highest BCUT2D eigenvalue weighted by molar-refractivity contribution is 6.32. The van der Waals surface area contributed by atoms with Crippen LogP contribution in [0.5, 0.6) is 0 Å². The van der Waals surface area contributed by atoms with E-state index in [1.165, 1.54) is 11.1 Å². The molecule has 4 fully saturated rings. The predicted octanol–water partition coefficient (Wildman–Crippen LogP) is 21.9. The summed E-state index contributed by atoms with van der Waals surface area (Å²) in [5, 5.41) is 6.36. The zero-order valence-corrected chi connectivity index (χ0v) is 45.6. The molecule has 402 valence electrons. The molecular weight excluding hydrogens is 1020 g/mol. The van der Waals surface area contributed by atoms with E-state index in [-0.39, 0.29) is 55.8 Å². The lowest BCUT2D eigenvalue weighted by molar-refractivity contribution is 0.419. The molecule has 4 saturated carbocycles. The first-order chi connectivity index (χ1) is 49.9. The summed E-state index contributed by atoms with van der Waals surface area (Å²) in [7, 11) is 0. The molecule has 4 bridgehead atoms. The predicted molar refractivity (Wildman–Crippen MR) is 353 cm³/mol. The van der Waals surface area contributed by atoms with Gasteiger partial charge in [0.2, 0.25) is 0 Å². The molecule has 4 heterocycles. The Kier molecular flexibility index (Phi) is 6.67. The summed E-state index contributed by atoms with van der Waals surface area (Å²) in [4.78, 5) is 3.23. The maximum Gasteiger partial charge on any atom is 0.0645 e. The lowest BCUT2D eigenvalue weighted by Crippen LogP contribution is -2.19. The van der Waals surface area contributed by atoms with Crippen molar-refractivity contribution in [3.8, 4) is 22.3 Å². The number of benzene rings is 11. The standard InChI is InChI=1S/C80H62N4/c1-5-17-53(18-6-1)59-25-13-15-27-67(59)81(57-21-9-3-10-22-57)71-35-31-61-63-47-74-64(48-73(63)83-69-33-29-55(45-65(69)75(71)77(61)83)79-41-37-51(49-79)38-42-79)62-32-36-72(76-66-46-56(30-34-70(66)84(74)78(62)76)80-43-39-52(50-80)40-44-80)82(58-23-11-4-12-24-58)68-28-16-14-26-60(68)54-19-7-2-8-20-54/h1-36,45-48,51-52H,37-44,49-50H2/i1D,2D,3D,4D,5D,6D,7D,8D,9D,10D,11D,12D,17D,18D,19D,20D,21D,22D,23D,24D. The number of para-hydroxylation sites is 4. The third kappa shape index (κ3) is 6.54. The van der Waals surface area contributed by atoms with Gasteiger partial charge in [0.1, 0.15) is 0 Å². The van der Waals surface area contributed by atoms with E-state index < -0.39 is 121 Å². The molecule has 4 aliphatic rings. The zero-order chi connectivity index (χ0) is 72.2. The van der Waals surface area contributed by atoms with Gasteiger partial charge in [-0.15, -0.1) is 0 Å². The number of hydrogen-bond acceptors (Lipinski definition) is 2. The lowest BCUT2D eigenvalue weighted by Gasteiger charge is -2.29. The molecule has 0 atom stereocenters. The molecule has 0 unspecified atom stereocenters. The van der Waals surface area contributed by atoms with E-state index in [9.17, 15) is 16.4 Å². The van der Waals surface area contributed by atoms with E-state index >= 15 is 0 Å². The van der Waals surface area contributed by atoms with Crippen molar-refractivity contribution in [2.45, 2.75) is 75.0 Å². The summed E-state index contributed by atoms with van der Waals surface area (Å²) in [6.07, 6.45) is 10.6. The minimum Gasteiger partial charge on any atom is -0.309 e. The van der Waals surface area contributed by atoms with E-state index in [0.717, 1.165) is 130 Å². The maximum atomic E-state index is 9.76. The van der Waals surface area contributed by atoms with Crippen molar-refractivity contribution in [2.75, 3.05) is 9.80 Å². The second kappa shape index (κ2) is 17.6. The molecule has 84 heavy (non-hydrogen) atoms. The Balaban J connectivity index is 0.937. The van der Waals surface area contributed by atoms with Crippen LogP contribution < -0.4 is 9.80 Å².